The average molecular weight is 358 g/mol. The summed E-state index contributed by atoms with van der Waals surface area (Å²) in [5.41, 5.74) is 0.174. The van der Waals surface area contributed by atoms with E-state index in [-0.39, 0.29) is 18.1 Å². The second-order valence-electron chi connectivity index (χ2n) is 4.50. The highest BCUT2D eigenvalue weighted by atomic mass is 35.5. The van der Waals surface area contributed by atoms with Crippen LogP contribution in [0.15, 0.2) is 30.5 Å². The number of nitrogens with zero attached hydrogens (tertiary/aromatic N) is 2. The van der Waals surface area contributed by atoms with Gasteiger partial charge in [-0.1, -0.05) is 23.2 Å². The standard InChI is InChI=1S/C14H13Cl2N3O2S/c1-19(8-10-2-3-12(16)22-10)13(20)7-18-14(21)11-6-9(15)4-5-17-11/h2-6H,7-8H2,1H3,(H,18,21). The number of hydrogen-bond donors (Lipinski definition) is 1. The summed E-state index contributed by atoms with van der Waals surface area (Å²) < 4.78 is 0.677. The average Bonchev–Trinajstić information content (AvgIpc) is 2.89. The molecular formula is C14H13Cl2N3O2S. The number of carbonyl (C=O) groups excluding carboxylic acids is 2. The summed E-state index contributed by atoms with van der Waals surface area (Å²) in [6, 6.07) is 6.67. The first-order valence-electron chi connectivity index (χ1n) is 6.33. The second kappa shape index (κ2) is 7.58. The van der Waals surface area contributed by atoms with Crippen molar-refractivity contribution in [3.63, 3.8) is 0 Å². The van der Waals surface area contributed by atoms with Crippen molar-refractivity contribution in [3.05, 3.63) is 50.4 Å². The number of amides is 2. The maximum atomic E-state index is 12.0. The van der Waals surface area contributed by atoms with E-state index in [1.165, 1.54) is 28.5 Å². The van der Waals surface area contributed by atoms with Gasteiger partial charge in [-0.25, -0.2) is 0 Å². The van der Waals surface area contributed by atoms with Gasteiger partial charge in [-0.05, 0) is 24.3 Å². The van der Waals surface area contributed by atoms with Gasteiger partial charge < -0.3 is 10.2 Å². The second-order valence-corrected chi connectivity index (χ2v) is 6.73. The molecule has 2 amide bonds. The highest BCUT2D eigenvalue weighted by Crippen LogP contribution is 2.22. The highest BCUT2D eigenvalue weighted by Gasteiger charge is 2.13. The minimum absolute atomic E-state index is 0.108. The van der Waals surface area contributed by atoms with E-state index in [2.05, 4.69) is 10.3 Å². The van der Waals surface area contributed by atoms with Crippen LogP contribution in [0, 0.1) is 0 Å². The van der Waals surface area contributed by atoms with Crippen molar-refractivity contribution in [2.75, 3.05) is 13.6 Å². The number of nitrogens with one attached hydrogen (secondary N) is 1. The molecule has 0 unspecified atom stereocenters. The van der Waals surface area contributed by atoms with Crippen LogP contribution in [-0.2, 0) is 11.3 Å². The lowest BCUT2D eigenvalue weighted by molar-refractivity contribution is -0.129. The van der Waals surface area contributed by atoms with E-state index in [0.29, 0.717) is 15.9 Å². The van der Waals surface area contributed by atoms with Gasteiger partial charge in [0, 0.05) is 23.1 Å². The number of aromatic nitrogens is 1. The number of carbonyl (C=O) groups is 2. The fourth-order valence-corrected chi connectivity index (χ4v) is 2.97. The fourth-order valence-electron chi connectivity index (χ4n) is 1.67. The van der Waals surface area contributed by atoms with Crippen LogP contribution in [0.2, 0.25) is 9.36 Å². The first-order chi connectivity index (χ1) is 10.5. The van der Waals surface area contributed by atoms with Crippen molar-refractivity contribution in [2.45, 2.75) is 6.54 Å². The van der Waals surface area contributed by atoms with Crippen LogP contribution >= 0.6 is 34.5 Å². The molecule has 0 aliphatic rings. The minimum Gasteiger partial charge on any atom is -0.342 e. The normalized spacial score (nSPS) is 10.3. The summed E-state index contributed by atoms with van der Waals surface area (Å²) in [6.07, 6.45) is 1.44. The van der Waals surface area contributed by atoms with Crippen LogP contribution in [0.4, 0.5) is 0 Å². The molecule has 2 aromatic heterocycles. The third kappa shape index (κ3) is 4.69. The van der Waals surface area contributed by atoms with Crippen LogP contribution in [0.3, 0.4) is 0 Å². The molecule has 0 fully saturated rings. The van der Waals surface area contributed by atoms with E-state index in [1.54, 1.807) is 19.2 Å². The lowest BCUT2D eigenvalue weighted by Gasteiger charge is -2.16. The van der Waals surface area contributed by atoms with Gasteiger partial charge in [0.15, 0.2) is 0 Å². The zero-order valence-corrected chi connectivity index (χ0v) is 14.0. The molecule has 0 aliphatic heterocycles. The molecule has 2 aromatic rings. The Labute approximate surface area is 141 Å². The molecule has 0 aromatic carbocycles. The topological polar surface area (TPSA) is 62.3 Å². The van der Waals surface area contributed by atoms with Crippen LogP contribution in [0.5, 0.6) is 0 Å². The lowest BCUT2D eigenvalue weighted by atomic mass is 10.3. The van der Waals surface area contributed by atoms with Gasteiger partial charge in [-0.15, -0.1) is 11.3 Å². The molecule has 0 aliphatic carbocycles. The number of thiophene rings is 1. The fraction of sp³-hybridized carbons (Fsp3) is 0.214. The molecule has 0 bridgehead atoms. The number of likely N-dealkylation sites (N-methyl/N-ethyl adjacent to an activating group) is 1. The summed E-state index contributed by atoms with van der Waals surface area (Å²) >= 11 is 13.1. The summed E-state index contributed by atoms with van der Waals surface area (Å²) in [6.45, 7) is 0.337. The van der Waals surface area contributed by atoms with Gasteiger partial charge in [0.2, 0.25) is 5.91 Å². The first-order valence-corrected chi connectivity index (χ1v) is 7.91. The molecule has 22 heavy (non-hydrogen) atoms. The van der Waals surface area contributed by atoms with Crippen molar-refractivity contribution < 1.29 is 9.59 Å². The predicted molar refractivity (Wildman–Crippen MR) is 87.4 cm³/mol. The summed E-state index contributed by atoms with van der Waals surface area (Å²) in [5.74, 6) is -0.650. The Morgan fingerprint density at radius 2 is 2.09 bits per heavy atom. The minimum atomic E-state index is -0.441. The number of pyridine rings is 1. The molecule has 8 heteroatoms. The maximum Gasteiger partial charge on any atom is 0.270 e. The van der Waals surface area contributed by atoms with Gasteiger partial charge >= 0.3 is 0 Å². The Kier molecular flexibility index (Phi) is 5.76. The summed E-state index contributed by atoms with van der Waals surface area (Å²) in [4.78, 5) is 30.3. The van der Waals surface area contributed by atoms with E-state index in [4.69, 9.17) is 23.2 Å². The molecule has 5 nitrogen and oxygen atoms in total. The Morgan fingerprint density at radius 1 is 1.32 bits per heavy atom. The SMILES string of the molecule is CN(Cc1ccc(Cl)s1)C(=O)CNC(=O)c1cc(Cl)ccn1. The molecule has 0 saturated carbocycles. The molecule has 0 atom stereocenters. The maximum absolute atomic E-state index is 12.0. The smallest absolute Gasteiger partial charge is 0.270 e. The van der Waals surface area contributed by atoms with Gasteiger partial charge in [0.05, 0.1) is 17.4 Å². The van der Waals surface area contributed by atoms with Crippen molar-refractivity contribution in [1.29, 1.82) is 0 Å². The Morgan fingerprint density at radius 3 is 2.73 bits per heavy atom. The molecule has 116 valence electrons. The Bertz CT molecular complexity index is 690. The monoisotopic (exact) mass is 357 g/mol. The van der Waals surface area contributed by atoms with E-state index in [9.17, 15) is 9.59 Å². The van der Waals surface area contributed by atoms with Crippen molar-refractivity contribution in [3.8, 4) is 0 Å². The van der Waals surface area contributed by atoms with Gasteiger partial charge in [-0.2, -0.15) is 0 Å². The molecule has 0 spiro atoms. The summed E-state index contributed by atoms with van der Waals surface area (Å²) in [7, 11) is 1.67. The number of rotatable bonds is 5. The predicted octanol–water partition coefficient (Wildman–Crippen LogP) is 2.84. The first kappa shape index (κ1) is 16.7. The van der Waals surface area contributed by atoms with Crippen molar-refractivity contribution in [1.82, 2.24) is 15.2 Å². The van der Waals surface area contributed by atoms with E-state index in [0.717, 1.165) is 4.88 Å². The van der Waals surface area contributed by atoms with E-state index >= 15 is 0 Å². The largest absolute Gasteiger partial charge is 0.342 e. The van der Waals surface area contributed by atoms with Gasteiger partial charge in [0.1, 0.15) is 5.69 Å². The molecular weight excluding hydrogens is 345 g/mol. The highest BCUT2D eigenvalue weighted by molar-refractivity contribution is 7.16. The molecule has 2 heterocycles. The number of halogens is 2. The molecule has 0 radical (unpaired) electrons. The molecule has 2 rings (SSSR count). The van der Waals surface area contributed by atoms with Crippen LogP contribution in [-0.4, -0.2) is 35.3 Å². The van der Waals surface area contributed by atoms with Crippen LogP contribution in [0.25, 0.3) is 0 Å². The zero-order valence-electron chi connectivity index (χ0n) is 11.7. The Hall–Kier alpha value is -1.63. The third-order valence-electron chi connectivity index (χ3n) is 2.80. The quantitative estimate of drug-likeness (QED) is 0.894. The Balaban J connectivity index is 1.85. The third-order valence-corrected chi connectivity index (χ3v) is 4.25. The van der Waals surface area contributed by atoms with Gasteiger partial charge in [-0.3, -0.25) is 14.6 Å². The van der Waals surface area contributed by atoms with E-state index < -0.39 is 5.91 Å². The molecule has 0 saturated heterocycles. The lowest BCUT2D eigenvalue weighted by Crippen LogP contribution is -2.37. The van der Waals surface area contributed by atoms with Crippen LogP contribution in [0.1, 0.15) is 15.4 Å². The van der Waals surface area contributed by atoms with Crippen molar-refractivity contribution >= 4 is 46.4 Å². The van der Waals surface area contributed by atoms with Crippen LogP contribution < -0.4 is 5.32 Å². The zero-order chi connectivity index (χ0) is 16.1. The number of hydrogen-bond acceptors (Lipinski definition) is 4. The molecule has 1 N–H and O–H groups in total. The van der Waals surface area contributed by atoms with E-state index in [1.807, 2.05) is 6.07 Å². The van der Waals surface area contributed by atoms with Gasteiger partial charge in [0.25, 0.3) is 5.91 Å². The van der Waals surface area contributed by atoms with Crippen molar-refractivity contribution in [2.24, 2.45) is 0 Å². The summed E-state index contributed by atoms with van der Waals surface area (Å²) in [5, 5.41) is 2.94.